The van der Waals surface area contributed by atoms with Crippen LogP contribution in [0.25, 0.3) is 0 Å². The molecular formula is C12H17ClFN3O. The smallest absolute Gasteiger partial charge is 0.224 e. The molecule has 0 aliphatic heterocycles. The first-order chi connectivity index (χ1) is 8.48. The minimum absolute atomic E-state index is 0.0110. The average molecular weight is 274 g/mol. The fourth-order valence-electron chi connectivity index (χ4n) is 2.19. The Morgan fingerprint density at radius 1 is 1.56 bits per heavy atom. The van der Waals surface area contributed by atoms with Gasteiger partial charge in [-0.15, -0.1) is 0 Å². The first-order valence-corrected chi connectivity index (χ1v) is 6.51. The third kappa shape index (κ3) is 3.29. The minimum atomic E-state index is -0.781. The maximum atomic E-state index is 13.4. The van der Waals surface area contributed by atoms with Crippen LogP contribution >= 0.6 is 11.6 Å². The Labute approximate surface area is 111 Å². The van der Waals surface area contributed by atoms with E-state index in [-0.39, 0.29) is 17.6 Å². The molecule has 18 heavy (non-hydrogen) atoms. The van der Waals surface area contributed by atoms with E-state index in [4.69, 9.17) is 11.6 Å². The van der Waals surface area contributed by atoms with Crippen molar-refractivity contribution in [3.63, 3.8) is 0 Å². The van der Waals surface area contributed by atoms with Gasteiger partial charge < -0.3 is 10.4 Å². The average Bonchev–Trinajstić information content (AvgIpc) is 2.35. The van der Waals surface area contributed by atoms with E-state index in [1.807, 2.05) is 0 Å². The first-order valence-electron chi connectivity index (χ1n) is 6.13. The van der Waals surface area contributed by atoms with Crippen LogP contribution in [-0.2, 0) is 0 Å². The van der Waals surface area contributed by atoms with E-state index in [0.717, 1.165) is 31.9 Å². The minimum Gasteiger partial charge on any atom is -0.388 e. The van der Waals surface area contributed by atoms with Gasteiger partial charge in [0.1, 0.15) is 0 Å². The maximum absolute atomic E-state index is 13.4. The molecular weight excluding hydrogens is 257 g/mol. The molecule has 1 heterocycles. The number of halogens is 2. The number of aromatic nitrogens is 2. The van der Waals surface area contributed by atoms with Crippen LogP contribution < -0.4 is 5.32 Å². The molecule has 1 aromatic heterocycles. The third-order valence-corrected chi connectivity index (χ3v) is 3.69. The summed E-state index contributed by atoms with van der Waals surface area (Å²) in [7, 11) is 0. The lowest BCUT2D eigenvalue weighted by Gasteiger charge is -2.35. The zero-order valence-corrected chi connectivity index (χ0v) is 11.0. The van der Waals surface area contributed by atoms with Crippen molar-refractivity contribution in [2.24, 2.45) is 5.92 Å². The van der Waals surface area contributed by atoms with E-state index in [0.29, 0.717) is 5.92 Å². The molecule has 2 rings (SSSR count). The maximum Gasteiger partial charge on any atom is 0.224 e. The van der Waals surface area contributed by atoms with Crippen molar-refractivity contribution in [3.05, 3.63) is 17.3 Å². The number of hydrogen-bond acceptors (Lipinski definition) is 4. The molecule has 0 atom stereocenters. The second-order valence-corrected chi connectivity index (χ2v) is 5.43. The molecule has 1 aromatic rings. The molecule has 0 amide bonds. The molecule has 1 aliphatic rings. The highest BCUT2D eigenvalue weighted by Gasteiger charge is 2.31. The highest BCUT2D eigenvalue weighted by molar-refractivity contribution is 6.28. The molecule has 6 heteroatoms. The van der Waals surface area contributed by atoms with Crippen LogP contribution in [0, 0.1) is 11.7 Å². The van der Waals surface area contributed by atoms with Crippen molar-refractivity contribution in [2.75, 3.05) is 11.9 Å². The lowest BCUT2D eigenvalue weighted by molar-refractivity contribution is 0.00489. The second-order valence-electron chi connectivity index (χ2n) is 5.10. The van der Waals surface area contributed by atoms with E-state index in [1.54, 1.807) is 0 Å². The molecule has 0 aromatic carbocycles. The van der Waals surface area contributed by atoms with Crippen molar-refractivity contribution in [1.82, 2.24) is 9.97 Å². The van der Waals surface area contributed by atoms with E-state index >= 15 is 0 Å². The summed E-state index contributed by atoms with van der Waals surface area (Å²) in [5.41, 5.74) is -0.781. The summed E-state index contributed by atoms with van der Waals surface area (Å²) in [4.78, 5) is 7.30. The topological polar surface area (TPSA) is 58.0 Å². The molecule has 2 N–H and O–H groups in total. The Kier molecular flexibility index (Phi) is 4.02. The van der Waals surface area contributed by atoms with Gasteiger partial charge in [0, 0.05) is 6.54 Å². The van der Waals surface area contributed by atoms with Crippen molar-refractivity contribution in [1.29, 1.82) is 0 Å². The van der Waals surface area contributed by atoms with Crippen molar-refractivity contribution < 1.29 is 9.50 Å². The van der Waals surface area contributed by atoms with Crippen LogP contribution in [0.15, 0.2) is 6.20 Å². The molecule has 1 aliphatic carbocycles. The first kappa shape index (κ1) is 13.5. The largest absolute Gasteiger partial charge is 0.388 e. The van der Waals surface area contributed by atoms with Crippen molar-refractivity contribution in [2.45, 2.75) is 38.2 Å². The molecule has 100 valence electrons. The van der Waals surface area contributed by atoms with Crippen LogP contribution in [-0.4, -0.2) is 27.2 Å². The molecule has 0 saturated heterocycles. The highest BCUT2D eigenvalue weighted by Crippen LogP contribution is 2.32. The van der Waals surface area contributed by atoms with Crippen LogP contribution in [0.2, 0.25) is 5.28 Å². The Bertz CT molecular complexity index is 422. The zero-order chi connectivity index (χ0) is 13.2. The molecule has 1 saturated carbocycles. The summed E-state index contributed by atoms with van der Waals surface area (Å²) in [6, 6.07) is 0. The van der Waals surface area contributed by atoms with Crippen molar-refractivity contribution in [3.8, 4) is 0 Å². The fourth-order valence-corrected chi connectivity index (χ4v) is 2.33. The number of aliphatic hydroxyl groups is 1. The molecule has 0 radical (unpaired) electrons. The van der Waals surface area contributed by atoms with Gasteiger partial charge in [-0.05, 0) is 43.2 Å². The SMILES string of the molecule is CC1CCC(O)(CNc2nc(Cl)ncc2F)CC1. The Balaban J connectivity index is 1.96. The van der Waals surface area contributed by atoms with Gasteiger partial charge in [-0.3, -0.25) is 0 Å². The van der Waals surface area contributed by atoms with Crippen molar-refractivity contribution >= 4 is 17.4 Å². The Morgan fingerprint density at radius 3 is 2.89 bits per heavy atom. The summed E-state index contributed by atoms with van der Waals surface area (Å²) in [6.07, 6.45) is 4.45. The standard InChI is InChI=1S/C12H17ClFN3O/c1-8-2-4-12(18,5-3-8)7-16-10-9(14)6-15-11(13)17-10/h6,8,18H,2-5,7H2,1H3,(H,15,16,17). The summed E-state index contributed by atoms with van der Waals surface area (Å²) in [5, 5.41) is 13.2. The number of anilines is 1. The van der Waals surface area contributed by atoms with Gasteiger partial charge in [-0.1, -0.05) is 6.92 Å². The molecule has 0 bridgehead atoms. The van der Waals surface area contributed by atoms with E-state index < -0.39 is 11.4 Å². The van der Waals surface area contributed by atoms with E-state index in [1.165, 1.54) is 0 Å². The summed E-state index contributed by atoms with van der Waals surface area (Å²) in [5.74, 6) is 0.129. The van der Waals surface area contributed by atoms with Gasteiger partial charge in [-0.25, -0.2) is 9.37 Å². The van der Waals surface area contributed by atoms with Gasteiger partial charge in [0.15, 0.2) is 11.6 Å². The lowest BCUT2D eigenvalue weighted by Crippen LogP contribution is -2.40. The predicted octanol–water partition coefficient (Wildman–Crippen LogP) is 2.62. The Hall–Kier alpha value is -0.940. The third-order valence-electron chi connectivity index (χ3n) is 3.50. The zero-order valence-electron chi connectivity index (χ0n) is 10.3. The molecule has 0 spiro atoms. The summed E-state index contributed by atoms with van der Waals surface area (Å²) < 4.78 is 13.4. The van der Waals surface area contributed by atoms with Gasteiger partial charge >= 0.3 is 0 Å². The molecule has 4 nitrogen and oxygen atoms in total. The van der Waals surface area contributed by atoms with Gasteiger partial charge in [0.05, 0.1) is 11.8 Å². The monoisotopic (exact) mass is 273 g/mol. The molecule has 0 unspecified atom stereocenters. The number of nitrogens with zero attached hydrogens (tertiary/aromatic N) is 2. The Morgan fingerprint density at radius 2 is 2.22 bits per heavy atom. The quantitative estimate of drug-likeness (QED) is 0.831. The van der Waals surface area contributed by atoms with Gasteiger partial charge in [0.2, 0.25) is 5.28 Å². The van der Waals surface area contributed by atoms with E-state index in [9.17, 15) is 9.50 Å². The van der Waals surface area contributed by atoms with Crippen LogP contribution in [0.5, 0.6) is 0 Å². The summed E-state index contributed by atoms with van der Waals surface area (Å²) >= 11 is 5.60. The van der Waals surface area contributed by atoms with Crippen LogP contribution in [0.3, 0.4) is 0 Å². The van der Waals surface area contributed by atoms with Gasteiger partial charge in [-0.2, -0.15) is 4.98 Å². The van der Waals surface area contributed by atoms with Crippen LogP contribution in [0.1, 0.15) is 32.6 Å². The predicted molar refractivity (Wildman–Crippen MR) is 68.1 cm³/mol. The number of rotatable bonds is 3. The highest BCUT2D eigenvalue weighted by atomic mass is 35.5. The number of nitrogens with one attached hydrogen (secondary N) is 1. The normalized spacial score (nSPS) is 28.1. The molecule has 1 fully saturated rings. The van der Waals surface area contributed by atoms with Gasteiger partial charge in [0.25, 0.3) is 0 Å². The number of hydrogen-bond donors (Lipinski definition) is 2. The summed E-state index contributed by atoms with van der Waals surface area (Å²) in [6.45, 7) is 2.46. The van der Waals surface area contributed by atoms with E-state index in [2.05, 4.69) is 22.2 Å². The second kappa shape index (κ2) is 5.36. The fraction of sp³-hybridized carbons (Fsp3) is 0.667. The lowest BCUT2D eigenvalue weighted by atomic mass is 9.79. The van der Waals surface area contributed by atoms with Crippen LogP contribution in [0.4, 0.5) is 10.2 Å².